The van der Waals surface area contributed by atoms with Crippen molar-refractivity contribution in [3.63, 3.8) is 0 Å². The fraction of sp³-hybridized carbons (Fsp3) is 0.333. The predicted molar refractivity (Wildman–Crippen MR) is 66.8 cm³/mol. The maximum absolute atomic E-state index is 11.9. The van der Waals surface area contributed by atoms with E-state index in [2.05, 4.69) is 21.2 Å². The van der Waals surface area contributed by atoms with Crippen LogP contribution in [0.1, 0.15) is 18.4 Å². The first-order chi connectivity index (χ1) is 7.97. The molecule has 0 radical (unpaired) electrons. The zero-order chi connectivity index (χ0) is 12.6. The van der Waals surface area contributed by atoms with Crippen LogP contribution < -0.4 is 5.32 Å². The number of anilines is 1. The number of carboxylic acid groups (broad SMARTS) is 1. The van der Waals surface area contributed by atoms with Crippen molar-refractivity contribution in [2.75, 3.05) is 5.32 Å². The van der Waals surface area contributed by atoms with Crippen LogP contribution in [0.25, 0.3) is 0 Å². The summed E-state index contributed by atoms with van der Waals surface area (Å²) in [5.41, 5.74) is 0.341. The number of hydrogen-bond donors (Lipinski definition) is 2. The molecular weight excluding hydrogens is 286 g/mol. The van der Waals surface area contributed by atoms with Crippen molar-refractivity contribution in [2.45, 2.75) is 19.8 Å². The van der Waals surface area contributed by atoms with Crippen LogP contribution in [0, 0.1) is 12.3 Å². The van der Waals surface area contributed by atoms with Crippen LogP contribution in [0.3, 0.4) is 0 Å². The molecule has 1 aromatic carbocycles. The molecule has 4 nitrogen and oxygen atoms in total. The van der Waals surface area contributed by atoms with Gasteiger partial charge in [0.05, 0.1) is 0 Å². The molecule has 0 spiro atoms. The number of benzene rings is 1. The normalized spacial score (nSPS) is 16.4. The Morgan fingerprint density at radius 1 is 1.41 bits per heavy atom. The molecule has 1 fully saturated rings. The summed E-state index contributed by atoms with van der Waals surface area (Å²) < 4.78 is 0.885. The van der Waals surface area contributed by atoms with Crippen molar-refractivity contribution in [3.8, 4) is 0 Å². The van der Waals surface area contributed by atoms with E-state index in [1.807, 2.05) is 13.0 Å². The number of nitrogens with one attached hydrogen (secondary N) is 1. The Balaban J connectivity index is 2.20. The van der Waals surface area contributed by atoms with Crippen LogP contribution in [0.15, 0.2) is 22.7 Å². The summed E-state index contributed by atoms with van der Waals surface area (Å²) in [6.07, 6.45) is 0.836. The predicted octanol–water partition coefficient (Wildman–Crippen LogP) is 2.56. The number of carbonyl (C=O) groups excluding carboxylic acids is 1. The van der Waals surface area contributed by atoms with Crippen molar-refractivity contribution in [1.29, 1.82) is 0 Å². The van der Waals surface area contributed by atoms with Crippen LogP contribution in [0.2, 0.25) is 0 Å². The first-order valence-electron chi connectivity index (χ1n) is 5.27. The van der Waals surface area contributed by atoms with Gasteiger partial charge in [0.15, 0.2) is 0 Å². The van der Waals surface area contributed by atoms with E-state index < -0.39 is 17.3 Å². The molecule has 0 saturated heterocycles. The minimum atomic E-state index is -1.20. The van der Waals surface area contributed by atoms with Gasteiger partial charge in [-0.3, -0.25) is 9.59 Å². The number of carbonyl (C=O) groups is 2. The van der Waals surface area contributed by atoms with Crippen LogP contribution in [0.5, 0.6) is 0 Å². The van der Waals surface area contributed by atoms with Gasteiger partial charge in [0.2, 0.25) is 5.91 Å². The van der Waals surface area contributed by atoms with Crippen LogP contribution >= 0.6 is 15.9 Å². The molecule has 0 heterocycles. The van der Waals surface area contributed by atoms with Gasteiger partial charge in [-0.05, 0) is 37.5 Å². The van der Waals surface area contributed by atoms with Crippen molar-refractivity contribution >= 4 is 33.5 Å². The monoisotopic (exact) mass is 297 g/mol. The third-order valence-electron chi connectivity index (χ3n) is 3.11. The average Bonchev–Trinajstić information content (AvgIpc) is 3.05. The van der Waals surface area contributed by atoms with Crippen LogP contribution in [0.4, 0.5) is 5.69 Å². The second-order valence-corrected chi connectivity index (χ2v) is 5.11. The second kappa shape index (κ2) is 4.14. The summed E-state index contributed by atoms with van der Waals surface area (Å²) in [5, 5.41) is 11.7. The number of amides is 1. The van der Waals surface area contributed by atoms with E-state index in [1.165, 1.54) is 0 Å². The summed E-state index contributed by atoms with van der Waals surface area (Å²) in [4.78, 5) is 22.9. The quantitative estimate of drug-likeness (QED) is 0.843. The summed E-state index contributed by atoms with van der Waals surface area (Å²) in [6, 6.07) is 5.43. The Bertz CT molecular complexity index is 495. The van der Waals surface area contributed by atoms with Gasteiger partial charge < -0.3 is 10.4 Å². The van der Waals surface area contributed by atoms with Gasteiger partial charge in [-0.15, -0.1) is 0 Å². The Morgan fingerprint density at radius 2 is 2.06 bits per heavy atom. The van der Waals surface area contributed by atoms with E-state index >= 15 is 0 Å². The maximum atomic E-state index is 11.9. The molecule has 0 aromatic heterocycles. The van der Waals surface area contributed by atoms with Crippen molar-refractivity contribution in [2.24, 2.45) is 5.41 Å². The molecule has 0 bridgehead atoms. The minimum Gasteiger partial charge on any atom is -0.480 e. The van der Waals surface area contributed by atoms with E-state index in [4.69, 9.17) is 5.11 Å². The molecule has 2 rings (SSSR count). The molecule has 0 unspecified atom stereocenters. The van der Waals surface area contributed by atoms with E-state index in [0.717, 1.165) is 10.0 Å². The Hall–Kier alpha value is -1.36. The SMILES string of the molecule is Cc1c(Br)cccc1NC(=O)C1(C(=O)O)CC1. The topological polar surface area (TPSA) is 66.4 Å². The first kappa shape index (κ1) is 12.1. The molecule has 2 N–H and O–H groups in total. The minimum absolute atomic E-state index is 0.418. The van der Waals surface area contributed by atoms with Crippen molar-refractivity contribution in [3.05, 3.63) is 28.2 Å². The van der Waals surface area contributed by atoms with Crippen molar-refractivity contribution < 1.29 is 14.7 Å². The molecular formula is C12H12BrNO3. The standard InChI is InChI=1S/C12H12BrNO3/c1-7-8(13)3-2-4-9(7)14-10(15)12(5-6-12)11(16)17/h2-4H,5-6H2,1H3,(H,14,15)(H,16,17). The fourth-order valence-electron chi connectivity index (χ4n) is 1.65. The highest BCUT2D eigenvalue weighted by Crippen LogP contribution is 2.47. The summed E-state index contributed by atoms with van der Waals surface area (Å²) in [5.74, 6) is -1.46. The Kier molecular flexibility index (Phi) is 2.95. The molecule has 0 atom stereocenters. The third-order valence-corrected chi connectivity index (χ3v) is 3.97. The van der Waals surface area contributed by atoms with Gasteiger partial charge in [0.25, 0.3) is 0 Å². The molecule has 1 amide bonds. The average molecular weight is 298 g/mol. The summed E-state index contributed by atoms with van der Waals surface area (Å²) in [7, 11) is 0. The number of halogens is 1. The van der Waals surface area contributed by atoms with E-state index in [0.29, 0.717) is 18.5 Å². The molecule has 0 aliphatic heterocycles. The summed E-state index contributed by atoms with van der Waals surface area (Å²) >= 11 is 3.36. The second-order valence-electron chi connectivity index (χ2n) is 4.25. The lowest BCUT2D eigenvalue weighted by atomic mass is 10.1. The van der Waals surface area contributed by atoms with Gasteiger partial charge >= 0.3 is 5.97 Å². The molecule has 90 valence electrons. The van der Waals surface area contributed by atoms with E-state index in [1.54, 1.807) is 12.1 Å². The Morgan fingerprint density at radius 3 is 2.59 bits per heavy atom. The van der Waals surface area contributed by atoms with Crippen LogP contribution in [-0.2, 0) is 9.59 Å². The lowest BCUT2D eigenvalue weighted by Crippen LogP contribution is -2.31. The number of rotatable bonds is 3. The van der Waals surface area contributed by atoms with Crippen molar-refractivity contribution in [1.82, 2.24) is 0 Å². The third kappa shape index (κ3) is 2.07. The maximum Gasteiger partial charge on any atom is 0.319 e. The molecule has 1 saturated carbocycles. The molecule has 1 aromatic rings. The number of hydrogen-bond acceptors (Lipinski definition) is 2. The highest BCUT2D eigenvalue weighted by atomic mass is 79.9. The van der Waals surface area contributed by atoms with Gasteiger partial charge in [-0.2, -0.15) is 0 Å². The summed E-state index contributed by atoms with van der Waals surface area (Å²) in [6.45, 7) is 1.86. The van der Waals surface area contributed by atoms with Gasteiger partial charge in [-0.25, -0.2) is 0 Å². The van der Waals surface area contributed by atoms with Gasteiger partial charge in [0.1, 0.15) is 5.41 Å². The number of carboxylic acids is 1. The lowest BCUT2D eigenvalue weighted by Gasteiger charge is -2.13. The number of aliphatic carboxylic acids is 1. The lowest BCUT2D eigenvalue weighted by molar-refractivity contribution is -0.147. The van der Waals surface area contributed by atoms with E-state index in [9.17, 15) is 9.59 Å². The van der Waals surface area contributed by atoms with Gasteiger partial charge in [0, 0.05) is 10.2 Å². The first-order valence-corrected chi connectivity index (χ1v) is 6.06. The molecule has 17 heavy (non-hydrogen) atoms. The zero-order valence-electron chi connectivity index (χ0n) is 9.29. The largest absolute Gasteiger partial charge is 0.480 e. The van der Waals surface area contributed by atoms with E-state index in [-0.39, 0.29) is 0 Å². The molecule has 1 aliphatic carbocycles. The van der Waals surface area contributed by atoms with Gasteiger partial charge in [-0.1, -0.05) is 22.0 Å². The molecule has 1 aliphatic rings. The zero-order valence-corrected chi connectivity index (χ0v) is 10.9. The highest BCUT2D eigenvalue weighted by Gasteiger charge is 2.57. The smallest absolute Gasteiger partial charge is 0.319 e. The Labute approximate surface area is 107 Å². The highest BCUT2D eigenvalue weighted by molar-refractivity contribution is 9.10. The van der Waals surface area contributed by atoms with Crippen LogP contribution in [-0.4, -0.2) is 17.0 Å². The molecule has 5 heteroatoms. The fourth-order valence-corrected chi connectivity index (χ4v) is 2.01.